The quantitative estimate of drug-likeness (QED) is 0.926. The van der Waals surface area contributed by atoms with Gasteiger partial charge < -0.3 is 10.2 Å². The number of rotatable bonds is 4. The van der Waals surface area contributed by atoms with E-state index >= 15 is 0 Å². The second-order valence-electron chi connectivity index (χ2n) is 4.23. The molecule has 0 amide bonds. The summed E-state index contributed by atoms with van der Waals surface area (Å²) in [5, 5.41) is 6.48. The Kier molecular flexibility index (Phi) is 4.61. The molecule has 16 heavy (non-hydrogen) atoms. The van der Waals surface area contributed by atoms with Crippen molar-refractivity contribution in [1.82, 2.24) is 9.88 Å². The smallest absolute Gasteiger partial charge is 0.183 e. The summed E-state index contributed by atoms with van der Waals surface area (Å²) in [5.41, 5.74) is 0. The first-order chi connectivity index (χ1) is 7.78. The van der Waals surface area contributed by atoms with Gasteiger partial charge in [0, 0.05) is 11.9 Å². The van der Waals surface area contributed by atoms with Gasteiger partial charge in [-0.05, 0) is 54.3 Å². The molecule has 1 fully saturated rings. The number of hydrogen-bond acceptors (Lipinski definition) is 4. The average Bonchev–Trinajstić information content (AvgIpc) is 2.73. The van der Waals surface area contributed by atoms with E-state index in [4.69, 9.17) is 0 Å². The second kappa shape index (κ2) is 5.98. The van der Waals surface area contributed by atoms with Gasteiger partial charge in [-0.15, -0.1) is 11.3 Å². The number of nitrogens with one attached hydrogen (secondary N) is 1. The van der Waals surface area contributed by atoms with E-state index in [0.29, 0.717) is 0 Å². The van der Waals surface area contributed by atoms with Gasteiger partial charge >= 0.3 is 0 Å². The predicted molar refractivity (Wildman–Crippen MR) is 73.1 cm³/mol. The van der Waals surface area contributed by atoms with Gasteiger partial charge in [0.05, 0.1) is 0 Å². The molecule has 0 saturated carbocycles. The lowest BCUT2D eigenvalue weighted by molar-refractivity contribution is 0.198. The molecule has 90 valence electrons. The summed E-state index contributed by atoms with van der Waals surface area (Å²) in [7, 11) is 0. The molecule has 0 aliphatic carbocycles. The number of likely N-dealkylation sites (tertiary alicyclic amines) is 1. The first-order valence-electron chi connectivity index (χ1n) is 5.85. The van der Waals surface area contributed by atoms with Gasteiger partial charge in [-0.3, -0.25) is 0 Å². The zero-order valence-electron chi connectivity index (χ0n) is 9.58. The lowest BCUT2D eigenvalue weighted by Gasteiger charge is -2.30. The minimum Gasteiger partial charge on any atom is -0.361 e. The molecule has 1 aromatic heterocycles. The molecule has 0 aromatic carbocycles. The predicted octanol–water partition coefficient (Wildman–Crippen LogP) is 3.05. The fourth-order valence-electron chi connectivity index (χ4n) is 2.07. The molecular weight excluding hydrogens is 286 g/mol. The van der Waals surface area contributed by atoms with Crippen LogP contribution in [0.4, 0.5) is 5.13 Å². The van der Waals surface area contributed by atoms with Crippen molar-refractivity contribution in [1.29, 1.82) is 0 Å². The van der Waals surface area contributed by atoms with E-state index in [2.05, 4.69) is 38.1 Å². The summed E-state index contributed by atoms with van der Waals surface area (Å²) in [4.78, 5) is 6.86. The Labute approximate surface area is 109 Å². The highest BCUT2D eigenvalue weighted by Gasteiger charge is 2.17. The van der Waals surface area contributed by atoms with Crippen LogP contribution in [0.1, 0.15) is 19.8 Å². The molecule has 1 aromatic rings. The Morgan fingerprint density at radius 3 is 2.88 bits per heavy atom. The highest BCUT2D eigenvalue weighted by molar-refractivity contribution is 9.10. The summed E-state index contributed by atoms with van der Waals surface area (Å²) in [6.45, 7) is 7.01. The van der Waals surface area contributed by atoms with Crippen molar-refractivity contribution in [2.45, 2.75) is 19.8 Å². The highest BCUT2D eigenvalue weighted by atomic mass is 79.9. The molecule has 0 unspecified atom stereocenters. The van der Waals surface area contributed by atoms with E-state index in [1.54, 1.807) is 11.3 Å². The molecule has 1 saturated heterocycles. The summed E-state index contributed by atoms with van der Waals surface area (Å²) in [5.74, 6) is 0.811. The van der Waals surface area contributed by atoms with Crippen LogP contribution in [0.5, 0.6) is 0 Å². The number of piperidine rings is 1. The Morgan fingerprint density at radius 1 is 1.56 bits per heavy atom. The largest absolute Gasteiger partial charge is 0.361 e. The van der Waals surface area contributed by atoms with Crippen LogP contribution in [0.15, 0.2) is 9.98 Å². The molecule has 0 atom stereocenters. The number of halogens is 1. The van der Waals surface area contributed by atoms with E-state index in [1.807, 2.05) is 5.38 Å². The van der Waals surface area contributed by atoms with E-state index in [1.165, 1.54) is 32.5 Å². The molecule has 1 N–H and O–H groups in total. The topological polar surface area (TPSA) is 28.2 Å². The van der Waals surface area contributed by atoms with E-state index in [0.717, 1.165) is 22.2 Å². The van der Waals surface area contributed by atoms with Crippen LogP contribution in [0.2, 0.25) is 0 Å². The van der Waals surface area contributed by atoms with E-state index in [-0.39, 0.29) is 0 Å². The maximum absolute atomic E-state index is 4.34. The van der Waals surface area contributed by atoms with Crippen molar-refractivity contribution in [2.75, 3.05) is 31.5 Å². The summed E-state index contributed by atoms with van der Waals surface area (Å²) < 4.78 is 0.931. The molecule has 1 aliphatic heterocycles. The van der Waals surface area contributed by atoms with Gasteiger partial charge in [0.25, 0.3) is 0 Å². The van der Waals surface area contributed by atoms with Crippen molar-refractivity contribution in [3.8, 4) is 0 Å². The number of anilines is 1. The number of hydrogen-bond donors (Lipinski definition) is 1. The van der Waals surface area contributed by atoms with Gasteiger partial charge in [-0.25, -0.2) is 4.98 Å². The standard InChI is InChI=1S/C11H18BrN3S/c1-2-15-5-3-9(4-6-15)7-13-11-14-10(12)8-16-11/h8-9H,2-7H2,1H3,(H,13,14). The van der Waals surface area contributed by atoms with Gasteiger partial charge in [-0.2, -0.15) is 0 Å². The third-order valence-corrected chi connectivity index (χ3v) is 4.68. The van der Waals surface area contributed by atoms with Gasteiger partial charge in [0.2, 0.25) is 0 Å². The van der Waals surface area contributed by atoms with Crippen molar-refractivity contribution in [3.63, 3.8) is 0 Å². The Morgan fingerprint density at radius 2 is 2.31 bits per heavy atom. The minimum absolute atomic E-state index is 0.811. The van der Waals surface area contributed by atoms with Crippen molar-refractivity contribution >= 4 is 32.4 Å². The lowest BCUT2D eigenvalue weighted by Crippen LogP contribution is -2.35. The third-order valence-electron chi connectivity index (χ3n) is 3.17. The molecule has 5 heteroatoms. The van der Waals surface area contributed by atoms with Crippen LogP contribution < -0.4 is 5.32 Å². The first kappa shape index (κ1) is 12.3. The molecule has 0 spiro atoms. The maximum atomic E-state index is 4.34. The molecule has 0 radical (unpaired) electrons. The van der Waals surface area contributed by atoms with Gasteiger partial charge in [-0.1, -0.05) is 6.92 Å². The fourth-order valence-corrected chi connectivity index (χ4v) is 3.23. The van der Waals surface area contributed by atoms with Crippen LogP contribution >= 0.6 is 27.3 Å². The minimum atomic E-state index is 0.811. The van der Waals surface area contributed by atoms with Crippen LogP contribution in [-0.4, -0.2) is 36.1 Å². The molecular formula is C11H18BrN3S. The molecule has 0 bridgehead atoms. The van der Waals surface area contributed by atoms with Gasteiger partial charge in [0.15, 0.2) is 5.13 Å². The average molecular weight is 304 g/mol. The monoisotopic (exact) mass is 303 g/mol. The molecule has 2 heterocycles. The third kappa shape index (κ3) is 3.43. The Hall–Kier alpha value is -0.130. The van der Waals surface area contributed by atoms with Crippen molar-refractivity contribution < 1.29 is 0 Å². The number of aromatic nitrogens is 1. The lowest BCUT2D eigenvalue weighted by atomic mass is 9.97. The van der Waals surface area contributed by atoms with E-state index < -0.39 is 0 Å². The van der Waals surface area contributed by atoms with Crippen LogP contribution in [0, 0.1) is 5.92 Å². The number of thiazole rings is 1. The van der Waals surface area contributed by atoms with Gasteiger partial charge in [0.1, 0.15) is 4.60 Å². The Balaban J connectivity index is 1.71. The number of nitrogens with zero attached hydrogens (tertiary/aromatic N) is 2. The fraction of sp³-hybridized carbons (Fsp3) is 0.727. The maximum Gasteiger partial charge on any atom is 0.183 e. The summed E-state index contributed by atoms with van der Waals surface area (Å²) in [6.07, 6.45) is 2.63. The zero-order valence-corrected chi connectivity index (χ0v) is 12.0. The summed E-state index contributed by atoms with van der Waals surface area (Å²) >= 11 is 5.03. The first-order valence-corrected chi connectivity index (χ1v) is 7.52. The van der Waals surface area contributed by atoms with Crippen LogP contribution in [-0.2, 0) is 0 Å². The van der Waals surface area contributed by atoms with E-state index in [9.17, 15) is 0 Å². The van der Waals surface area contributed by atoms with Crippen molar-refractivity contribution in [3.05, 3.63) is 9.98 Å². The molecule has 2 rings (SSSR count). The highest BCUT2D eigenvalue weighted by Crippen LogP contribution is 2.22. The summed E-state index contributed by atoms with van der Waals surface area (Å²) in [6, 6.07) is 0. The Bertz CT molecular complexity index is 321. The van der Waals surface area contributed by atoms with Crippen molar-refractivity contribution in [2.24, 2.45) is 5.92 Å². The zero-order chi connectivity index (χ0) is 11.4. The molecule has 3 nitrogen and oxygen atoms in total. The van der Waals surface area contributed by atoms with Crippen LogP contribution in [0.3, 0.4) is 0 Å². The normalized spacial score (nSPS) is 18.9. The van der Waals surface area contributed by atoms with Crippen LogP contribution in [0.25, 0.3) is 0 Å². The second-order valence-corrected chi connectivity index (χ2v) is 5.90. The SMILES string of the molecule is CCN1CCC(CNc2nc(Br)cs2)CC1. The molecule has 1 aliphatic rings.